The summed E-state index contributed by atoms with van der Waals surface area (Å²) >= 11 is 7.61. The molecular formula is C20H20BClN2OS. The Labute approximate surface area is 163 Å². The average Bonchev–Trinajstić information content (AvgIpc) is 3.19. The number of aryl methyl sites for hydroxylation is 1. The first-order valence-corrected chi connectivity index (χ1v) is 10.1. The monoisotopic (exact) mass is 382 g/mol. The van der Waals surface area contributed by atoms with Crippen LogP contribution in [0.25, 0.3) is 10.7 Å². The van der Waals surface area contributed by atoms with Crippen LogP contribution >= 0.6 is 22.9 Å². The third kappa shape index (κ3) is 3.38. The Bertz CT molecular complexity index is 972. The first-order valence-electron chi connectivity index (χ1n) is 8.94. The van der Waals surface area contributed by atoms with Crippen LogP contribution in [0.4, 0.5) is 0 Å². The van der Waals surface area contributed by atoms with Crippen LogP contribution in [0.3, 0.4) is 0 Å². The fraction of sp³-hybridized carbons (Fsp3) is 0.300. The van der Waals surface area contributed by atoms with Crippen LogP contribution in [0, 0.1) is 6.92 Å². The van der Waals surface area contributed by atoms with Gasteiger partial charge in [-0.05, 0) is 61.4 Å². The maximum Gasteiger partial charge on any atom is 0.359 e. The van der Waals surface area contributed by atoms with E-state index in [-0.39, 0.29) is 6.92 Å². The van der Waals surface area contributed by atoms with E-state index >= 15 is 0 Å². The summed E-state index contributed by atoms with van der Waals surface area (Å²) < 4.78 is 6.67. The van der Waals surface area contributed by atoms with Gasteiger partial charge in [-0.1, -0.05) is 30.7 Å². The number of hydrogen-bond acceptors (Lipinski definition) is 4. The van der Waals surface area contributed by atoms with Crippen molar-refractivity contribution in [1.29, 1.82) is 0 Å². The zero-order chi connectivity index (χ0) is 18.3. The van der Waals surface area contributed by atoms with Gasteiger partial charge < -0.3 is 4.65 Å². The van der Waals surface area contributed by atoms with Gasteiger partial charge in [-0.25, -0.2) is 9.97 Å². The first-order chi connectivity index (χ1) is 12.5. The lowest BCUT2D eigenvalue weighted by Gasteiger charge is -2.12. The molecule has 0 N–H and O–H groups in total. The summed E-state index contributed by atoms with van der Waals surface area (Å²) in [5.74, 6) is 1.78. The largest absolute Gasteiger partial charge is 0.561 e. The second-order valence-corrected chi connectivity index (χ2v) is 8.48. The molecule has 3 heterocycles. The standard InChI is InChI=1S/C20H20BClN2OS/c1-4-15-12(2)23-20(18-7-8-19(22)26-18)24-16(15)9-13-5-6-14-11-21(3)25-17(14)10-13/h5-8,10H,4,9,11H2,1-3H3. The summed E-state index contributed by atoms with van der Waals surface area (Å²) in [6.45, 7) is 6.60. The highest BCUT2D eigenvalue weighted by Gasteiger charge is 2.23. The molecule has 3 nitrogen and oxygen atoms in total. The third-order valence-electron chi connectivity index (χ3n) is 4.79. The molecule has 1 aromatic carbocycles. The predicted octanol–water partition coefficient (Wildman–Crippen LogP) is 5.42. The van der Waals surface area contributed by atoms with Crippen molar-refractivity contribution in [3.63, 3.8) is 0 Å². The predicted molar refractivity (Wildman–Crippen MR) is 110 cm³/mol. The molecule has 0 amide bonds. The summed E-state index contributed by atoms with van der Waals surface area (Å²) in [6, 6.07) is 10.4. The van der Waals surface area contributed by atoms with Gasteiger partial charge in [-0.2, -0.15) is 0 Å². The van der Waals surface area contributed by atoms with E-state index in [4.69, 9.17) is 26.2 Å². The van der Waals surface area contributed by atoms with Crippen molar-refractivity contribution in [2.75, 3.05) is 0 Å². The molecule has 0 radical (unpaired) electrons. The van der Waals surface area contributed by atoms with E-state index in [1.165, 1.54) is 28.0 Å². The van der Waals surface area contributed by atoms with Crippen LogP contribution in [0.1, 0.15) is 35.0 Å². The van der Waals surface area contributed by atoms with Crippen molar-refractivity contribution in [3.05, 3.63) is 62.7 Å². The molecule has 0 bridgehead atoms. The number of aromatic nitrogens is 2. The van der Waals surface area contributed by atoms with E-state index in [1.54, 1.807) is 0 Å². The number of thiophene rings is 1. The number of hydrogen-bond donors (Lipinski definition) is 0. The van der Waals surface area contributed by atoms with Crippen LogP contribution in [0.15, 0.2) is 30.3 Å². The third-order valence-corrected chi connectivity index (χ3v) is 6.01. The summed E-state index contributed by atoms with van der Waals surface area (Å²) in [7, 11) is 0. The van der Waals surface area contributed by atoms with Crippen molar-refractivity contribution in [2.24, 2.45) is 0 Å². The Balaban J connectivity index is 1.71. The molecule has 0 fully saturated rings. The Morgan fingerprint density at radius 3 is 2.81 bits per heavy atom. The highest BCUT2D eigenvalue weighted by molar-refractivity contribution is 7.19. The van der Waals surface area contributed by atoms with E-state index in [2.05, 4.69) is 38.9 Å². The minimum atomic E-state index is 0.267. The number of halogens is 1. The van der Waals surface area contributed by atoms with Gasteiger partial charge in [-0.15, -0.1) is 11.3 Å². The van der Waals surface area contributed by atoms with Crippen molar-refractivity contribution >= 4 is 29.9 Å². The summed E-state index contributed by atoms with van der Waals surface area (Å²) in [6.07, 6.45) is 2.69. The van der Waals surface area contributed by atoms with Crippen LogP contribution < -0.4 is 4.65 Å². The first kappa shape index (κ1) is 17.6. The molecule has 0 atom stereocenters. The molecule has 26 heavy (non-hydrogen) atoms. The minimum Gasteiger partial charge on any atom is -0.561 e. The van der Waals surface area contributed by atoms with Crippen LogP contribution in [-0.4, -0.2) is 16.9 Å². The molecule has 132 valence electrons. The highest BCUT2D eigenvalue weighted by Crippen LogP contribution is 2.32. The second-order valence-electron chi connectivity index (χ2n) is 6.77. The van der Waals surface area contributed by atoms with Crippen molar-refractivity contribution < 1.29 is 4.65 Å². The van der Waals surface area contributed by atoms with Gasteiger partial charge in [0.2, 0.25) is 0 Å². The Morgan fingerprint density at radius 1 is 1.23 bits per heavy atom. The van der Waals surface area contributed by atoms with Gasteiger partial charge in [0.15, 0.2) is 5.82 Å². The molecule has 4 rings (SSSR count). The molecular weight excluding hydrogens is 363 g/mol. The fourth-order valence-corrected chi connectivity index (χ4v) is 4.53. The van der Waals surface area contributed by atoms with Crippen LogP contribution in [-0.2, 0) is 19.2 Å². The SMILES string of the molecule is CCc1c(C)nc(-c2ccc(Cl)s2)nc1Cc1ccc2c(c1)OB(C)C2. The Morgan fingerprint density at radius 2 is 2.08 bits per heavy atom. The smallest absolute Gasteiger partial charge is 0.359 e. The quantitative estimate of drug-likeness (QED) is 0.565. The summed E-state index contributed by atoms with van der Waals surface area (Å²) in [5.41, 5.74) is 5.88. The van der Waals surface area contributed by atoms with Gasteiger partial charge in [0.25, 0.3) is 0 Å². The number of nitrogens with zero attached hydrogens (tertiary/aromatic N) is 2. The van der Waals surface area contributed by atoms with Crippen molar-refractivity contribution in [2.45, 2.75) is 39.8 Å². The van der Waals surface area contributed by atoms with Crippen LogP contribution in [0.5, 0.6) is 5.75 Å². The topological polar surface area (TPSA) is 35.0 Å². The lowest BCUT2D eigenvalue weighted by Crippen LogP contribution is -2.12. The maximum atomic E-state index is 6.09. The molecule has 2 aromatic heterocycles. The Hall–Kier alpha value is -1.85. The Kier molecular flexibility index (Phi) is 4.76. The van der Waals surface area contributed by atoms with Crippen LogP contribution in [0.2, 0.25) is 11.2 Å². The molecule has 1 aliphatic rings. The lowest BCUT2D eigenvalue weighted by atomic mass is 9.68. The van der Waals surface area contributed by atoms with E-state index in [1.807, 2.05) is 12.1 Å². The van der Waals surface area contributed by atoms with E-state index in [0.29, 0.717) is 0 Å². The molecule has 0 spiro atoms. The number of fused-ring (bicyclic) bond motifs is 1. The summed E-state index contributed by atoms with van der Waals surface area (Å²) in [4.78, 5) is 10.6. The van der Waals surface area contributed by atoms with E-state index < -0.39 is 0 Å². The van der Waals surface area contributed by atoms with Crippen molar-refractivity contribution in [3.8, 4) is 16.5 Å². The molecule has 3 aromatic rings. The molecule has 0 saturated heterocycles. The average molecular weight is 383 g/mol. The zero-order valence-corrected chi connectivity index (χ0v) is 16.7. The molecule has 6 heteroatoms. The normalized spacial score (nSPS) is 13.0. The van der Waals surface area contributed by atoms with E-state index in [0.717, 1.165) is 51.3 Å². The number of rotatable bonds is 4. The zero-order valence-electron chi connectivity index (χ0n) is 15.2. The van der Waals surface area contributed by atoms with E-state index in [9.17, 15) is 0 Å². The van der Waals surface area contributed by atoms with Gasteiger partial charge >= 0.3 is 6.92 Å². The lowest BCUT2D eigenvalue weighted by molar-refractivity contribution is 0.594. The molecule has 1 aliphatic heterocycles. The highest BCUT2D eigenvalue weighted by atomic mass is 35.5. The van der Waals surface area contributed by atoms with Gasteiger partial charge in [0.05, 0.1) is 14.9 Å². The second kappa shape index (κ2) is 7.05. The van der Waals surface area contributed by atoms with Gasteiger partial charge in [-0.3, -0.25) is 0 Å². The minimum absolute atomic E-state index is 0.267. The molecule has 0 saturated carbocycles. The number of benzene rings is 1. The molecule has 0 unspecified atom stereocenters. The molecule has 0 aliphatic carbocycles. The van der Waals surface area contributed by atoms with Crippen molar-refractivity contribution in [1.82, 2.24) is 9.97 Å². The van der Waals surface area contributed by atoms with Gasteiger partial charge in [0, 0.05) is 12.1 Å². The van der Waals surface area contributed by atoms with Gasteiger partial charge in [0.1, 0.15) is 5.75 Å². The maximum absolute atomic E-state index is 6.09. The summed E-state index contributed by atoms with van der Waals surface area (Å²) in [5, 5.41) is 0. The fourth-order valence-electron chi connectivity index (χ4n) is 3.55.